The Morgan fingerprint density at radius 1 is 0.175 bits per heavy atom. The van der Waals surface area contributed by atoms with Crippen molar-refractivity contribution in [3.63, 3.8) is 0 Å². The van der Waals surface area contributed by atoms with E-state index in [1.54, 1.807) is 0 Å². The van der Waals surface area contributed by atoms with Crippen LogP contribution >= 0.6 is 0 Å². The lowest BCUT2D eigenvalue weighted by molar-refractivity contribution is 1.18. The van der Waals surface area contributed by atoms with Crippen molar-refractivity contribution in [2.75, 3.05) is 0 Å². The summed E-state index contributed by atoms with van der Waals surface area (Å²) >= 11 is 0. The molecule has 0 fully saturated rings. The van der Waals surface area contributed by atoms with Crippen LogP contribution in [0.25, 0.3) is 116 Å². The predicted octanol–water partition coefficient (Wildman–Crippen LogP) is 16.0. The lowest BCUT2D eigenvalue weighted by Crippen LogP contribution is -1.94. The van der Waals surface area contributed by atoms with Gasteiger partial charge in [0.05, 0.1) is 33.1 Å². The minimum atomic E-state index is 1.14. The van der Waals surface area contributed by atoms with Crippen LogP contribution in [0.4, 0.5) is 0 Å². The van der Waals surface area contributed by atoms with E-state index < -0.39 is 0 Å². The largest absolute Gasteiger partial charge is 0.309 e. The number of benzene rings is 10. The van der Waals surface area contributed by atoms with Crippen molar-refractivity contribution in [2.24, 2.45) is 0 Å². The molecular formula is C60H39N3. The third-order valence-electron chi connectivity index (χ3n) is 13.1. The quantitative estimate of drug-likeness (QED) is 0.159. The van der Waals surface area contributed by atoms with Crippen LogP contribution in [0.15, 0.2) is 237 Å². The molecule has 0 spiro atoms. The van der Waals surface area contributed by atoms with Crippen molar-refractivity contribution in [3.05, 3.63) is 237 Å². The van der Waals surface area contributed by atoms with Gasteiger partial charge >= 0.3 is 0 Å². The van der Waals surface area contributed by atoms with E-state index in [1.165, 1.54) is 98.8 Å². The second-order valence-corrected chi connectivity index (χ2v) is 16.5. The lowest BCUT2D eigenvalue weighted by atomic mass is 10.00. The van der Waals surface area contributed by atoms with Crippen molar-refractivity contribution in [3.8, 4) is 50.4 Å². The van der Waals surface area contributed by atoms with E-state index in [2.05, 4.69) is 250 Å². The van der Waals surface area contributed by atoms with Crippen molar-refractivity contribution < 1.29 is 0 Å². The molecule has 0 N–H and O–H groups in total. The fourth-order valence-corrected chi connectivity index (χ4v) is 10.1. The standard InChI is InChI=1S/C60H39N3/c1-2-12-46(13-3-1)62-57-20-10-6-16-51(57)53-36-30-44(38-59(53)62)45-31-37-54-52-17-7-11-21-58(52)63(60(54)39-45)48-34-28-43(29-35-48)41-24-22-40(23-25-41)42-26-32-47(33-27-42)61-55-18-8-4-14-49(55)50-15-5-9-19-56(50)61/h1-39H. The van der Waals surface area contributed by atoms with Gasteiger partial charge in [-0.25, -0.2) is 0 Å². The Morgan fingerprint density at radius 2 is 0.429 bits per heavy atom. The first-order valence-corrected chi connectivity index (χ1v) is 21.7. The van der Waals surface area contributed by atoms with Crippen LogP contribution < -0.4 is 0 Å². The highest BCUT2D eigenvalue weighted by Crippen LogP contribution is 2.39. The van der Waals surface area contributed by atoms with E-state index in [1.807, 2.05) is 0 Å². The normalized spacial score (nSPS) is 11.8. The first kappa shape index (κ1) is 35.4. The van der Waals surface area contributed by atoms with Gasteiger partial charge in [0, 0.05) is 49.4 Å². The van der Waals surface area contributed by atoms with E-state index in [9.17, 15) is 0 Å². The molecule has 3 nitrogen and oxygen atoms in total. The molecule has 63 heavy (non-hydrogen) atoms. The van der Waals surface area contributed by atoms with Gasteiger partial charge in [-0.15, -0.1) is 0 Å². The average molecular weight is 802 g/mol. The number of aromatic nitrogens is 3. The van der Waals surface area contributed by atoms with Gasteiger partial charge in [0.1, 0.15) is 0 Å². The van der Waals surface area contributed by atoms with E-state index in [0.717, 1.165) is 17.1 Å². The number of hydrogen-bond donors (Lipinski definition) is 0. The summed E-state index contributed by atoms with van der Waals surface area (Å²) in [6, 6.07) is 86.3. The minimum Gasteiger partial charge on any atom is -0.309 e. The molecule has 0 amide bonds. The summed E-state index contributed by atoms with van der Waals surface area (Å²) in [4.78, 5) is 0. The molecule has 3 heteroatoms. The van der Waals surface area contributed by atoms with Gasteiger partial charge in [0.15, 0.2) is 0 Å². The Balaban J connectivity index is 0.834. The van der Waals surface area contributed by atoms with Gasteiger partial charge < -0.3 is 13.7 Å². The molecule has 3 heterocycles. The van der Waals surface area contributed by atoms with E-state index in [0.29, 0.717) is 0 Å². The SMILES string of the molecule is c1ccc(-n2c3ccccc3c3ccc(-c4ccc5c6ccccc6n(-c6ccc(-c7ccc(-c8ccc(-n9c%10ccccc%10c%10ccccc%109)cc8)cc7)cc6)c5c4)cc32)cc1. The van der Waals surface area contributed by atoms with Crippen molar-refractivity contribution in [1.82, 2.24) is 13.7 Å². The molecule has 0 aliphatic rings. The van der Waals surface area contributed by atoms with Gasteiger partial charge in [-0.2, -0.15) is 0 Å². The second kappa shape index (κ2) is 14.1. The first-order valence-electron chi connectivity index (χ1n) is 21.7. The van der Waals surface area contributed by atoms with Gasteiger partial charge in [0.25, 0.3) is 0 Å². The molecule has 0 saturated carbocycles. The zero-order valence-electron chi connectivity index (χ0n) is 34.4. The third kappa shape index (κ3) is 5.60. The number of rotatable bonds is 6. The van der Waals surface area contributed by atoms with Crippen LogP contribution in [0.5, 0.6) is 0 Å². The Bertz CT molecular complexity index is 3810. The summed E-state index contributed by atoms with van der Waals surface area (Å²) < 4.78 is 7.18. The lowest BCUT2D eigenvalue weighted by Gasteiger charge is -2.12. The van der Waals surface area contributed by atoms with E-state index in [-0.39, 0.29) is 0 Å². The fourth-order valence-electron chi connectivity index (χ4n) is 10.1. The maximum absolute atomic E-state index is 2.42. The Morgan fingerprint density at radius 3 is 0.794 bits per heavy atom. The Hall–Kier alpha value is -8.40. The van der Waals surface area contributed by atoms with Crippen molar-refractivity contribution in [1.29, 1.82) is 0 Å². The van der Waals surface area contributed by atoms with Crippen molar-refractivity contribution >= 4 is 65.4 Å². The summed E-state index contributed by atoms with van der Waals surface area (Å²) in [5.74, 6) is 0. The first-order chi connectivity index (χ1) is 31.2. The topological polar surface area (TPSA) is 14.8 Å². The molecule has 0 aliphatic heterocycles. The van der Waals surface area contributed by atoms with Gasteiger partial charge in [0.2, 0.25) is 0 Å². The fraction of sp³-hybridized carbons (Fsp3) is 0. The number of para-hydroxylation sites is 5. The number of hydrogen-bond acceptors (Lipinski definition) is 0. The Kier molecular flexibility index (Phi) is 7.91. The highest BCUT2D eigenvalue weighted by molar-refractivity contribution is 6.12. The van der Waals surface area contributed by atoms with Gasteiger partial charge in [-0.05, 0) is 106 Å². The smallest absolute Gasteiger partial charge is 0.0547 e. The summed E-state index contributed by atoms with van der Waals surface area (Å²) in [5, 5.41) is 7.57. The minimum absolute atomic E-state index is 1.14. The van der Waals surface area contributed by atoms with E-state index >= 15 is 0 Å². The van der Waals surface area contributed by atoms with Crippen LogP contribution in [-0.2, 0) is 0 Å². The molecule has 0 radical (unpaired) electrons. The molecule has 294 valence electrons. The summed E-state index contributed by atoms with van der Waals surface area (Å²) in [5.41, 5.74) is 17.9. The van der Waals surface area contributed by atoms with Crippen LogP contribution in [0.1, 0.15) is 0 Å². The Labute approximate surface area is 364 Å². The summed E-state index contributed by atoms with van der Waals surface area (Å²) in [7, 11) is 0. The molecule has 0 bridgehead atoms. The summed E-state index contributed by atoms with van der Waals surface area (Å²) in [6.45, 7) is 0. The molecular weight excluding hydrogens is 763 g/mol. The van der Waals surface area contributed by atoms with E-state index in [4.69, 9.17) is 0 Å². The van der Waals surface area contributed by atoms with Crippen LogP contribution in [-0.4, -0.2) is 13.7 Å². The number of fused-ring (bicyclic) bond motifs is 9. The third-order valence-corrected chi connectivity index (χ3v) is 13.1. The van der Waals surface area contributed by atoms with Gasteiger partial charge in [-0.3, -0.25) is 0 Å². The van der Waals surface area contributed by atoms with Crippen LogP contribution in [0.3, 0.4) is 0 Å². The summed E-state index contributed by atoms with van der Waals surface area (Å²) in [6.07, 6.45) is 0. The van der Waals surface area contributed by atoms with Crippen LogP contribution in [0, 0.1) is 0 Å². The molecule has 0 atom stereocenters. The molecule has 13 aromatic rings. The zero-order chi connectivity index (χ0) is 41.4. The predicted molar refractivity (Wildman–Crippen MR) is 266 cm³/mol. The molecule has 10 aromatic carbocycles. The maximum atomic E-state index is 2.42. The van der Waals surface area contributed by atoms with Crippen LogP contribution in [0.2, 0.25) is 0 Å². The highest BCUT2D eigenvalue weighted by atomic mass is 15.0. The molecule has 0 saturated heterocycles. The average Bonchev–Trinajstić information content (AvgIpc) is 4.00. The number of nitrogens with zero attached hydrogens (tertiary/aromatic N) is 3. The molecule has 3 aromatic heterocycles. The van der Waals surface area contributed by atoms with Crippen molar-refractivity contribution in [2.45, 2.75) is 0 Å². The molecule has 0 unspecified atom stereocenters. The highest BCUT2D eigenvalue weighted by Gasteiger charge is 2.17. The van der Waals surface area contributed by atoms with Gasteiger partial charge in [-0.1, -0.05) is 164 Å². The zero-order valence-corrected chi connectivity index (χ0v) is 34.4. The molecule has 0 aliphatic carbocycles. The second-order valence-electron chi connectivity index (χ2n) is 16.5. The molecule has 13 rings (SSSR count). The monoisotopic (exact) mass is 801 g/mol. The maximum Gasteiger partial charge on any atom is 0.0547 e.